The minimum absolute atomic E-state index is 0.0230. The molecule has 4 heteroatoms. The second-order valence-electron chi connectivity index (χ2n) is 4.22. The highest BCUT2D eigenvalue weighted by Gasteiger charge is 2.20. The van der Waals surface area contributed by atoms with E-state index >= 15 is 0 Å². The van der Waals surface area contributed by atoms with Crippen LogP contribution in [-0.4, -0.2) is 11.1 Å². The number of ether oxygens (including phenoxy) is 1. The Morgan fingerprint density at radius 3 is 2.50 bits per heavy atom. The minimum atomic E-state index is -0.319. The van der Waals surface area contributed by atoms with Gasteiger partial charge in [-0.15, -0.1) is 0 Å². The smallest absolute Gasteiger partial charge is 0.171 e. The van der Waals surface area contributed by atoms with Crippen LogP contribution in [0.3, 0.4) is 0 Å². The number of nitrogens with two attached hydrogens (primary N) is 1. The first-order valence-corrected chi connectivity index (χ1v) is 5.86. The molecule has 0 aliphatic rings. The molecule has 2 rings (SSSR count). The second kappa shape index (κ2) is 5.71. The molecular weight excluding hydrogens is 230 g/mol. The highest BCUT2D eigenvalue weighted by atomic mass is 16.5. The molecule has 2 unspecified atom stereocenters. The predicted molar refractivity (Wildman–Crippen MR) is 68.1 cm³/mol. The van der Waals surface area contributed by atoms with Crippen molar-refractivity contribution in [2.45, 2.75) is 25.7 Å². The largest absolute Gasteiger partial charge is 0.481 e. The third kappa shape index (κ3) is 2.91. The minimum Gasteiger partial charge on any atom is -0.481 e. The quantitative estimate of drug-likeness (QED) is 0.850. The van der Waals surface area contributed by atoms with Gasteiger partial charge in [0.05, 0.1) is 12.9 Å². The van der Waals surface area contributed by atoms with Gasteiger partial charge < -0.3 is 20.0 Å². The fourth-order valence-corrected chi connectivity index (χ4v) is 1.70. The van der Waals surface area contributed by atoms with Crippen molar-refractivity contribution in [1.82, 2.24) is 0 Å². The fourth-order valence-electron chi connectivity index (χ4n) is 1.70. The van der Waals surface area contributed by atoms with Crippen molar-refractivity contribution in [3.63, 3.8) is 0 Å². The van der Waals surface area contributed by atoms with Crippen molar-refractivity contribution in [3.05, 3.63) is 54.0 Å². The van der Waals surface area contributed by atoms with E-state index in [1.807, 2.05) is 43.3 Å². The van der Waals surface area contributed by atoms with Gasteiger partial charge in [-0.3, -0.25) is 0 Å². The molecule has 0 saturated carbocycles. The van der Waals surface area contributed by atoms with Crippen molar-refractivity contribution in [2.24, 2.45) is 5.73 Å². The van der Waals surface area contributed by atoms with Crippen molar-refractivity contribution < 1.29 is 14.3 Å². The van der Waals surface area contributed by atoms with E-state index in [1.54, 1.807) is 6.26 Å². The van der Waals surface area contributed by atoms with E-state index < -0.39 is 0 Å². The average Bonchev–Trinajstić information content (AvgIpc) is 2.90. The van der Waals surface area contributed by atoms with E-state index in [2.05, 4.69) is 0 Å². The van der Waals surface area contributed by atoms with Gasteiger partial charge in [0.15, 0.2) is 6.10 Å². The maximum absolute atomic E-state index is 8.97. The molecule has 96 valence electrons. The SMILES string of the molecule is CC(N)C(Oc1ccc(CO)cc1)c1ccco1. The van der Waals surface area contributed by atoms with E-state index in [0.717, 1.165) is 5.56 Å². The molecule has 0 bridgehead atoms. The van der Waals surface area contributed by atoms with Crippen LogP contribution in [0.2, 0.25) is 0 Å². The summed E-state index contributed by atoms with van der Waals surface area (Å²) in [5.41, 5.74) is 6.75. The lowest BCUT2D eigenvalue weighted by Crippen LogP contribution is -2.28. The highest BCUT2D eigenvalue weighted by molar-refractivity contribution is 5.27. The molecule has 0 spiro atoms. The lowest BCUT2D eigenvalue weighted by atomic mass is 10.1. The standard InChI is InChI=1S/C14H17NO3/c1-10(15)14(13-3-2-8-17-13)18-12-6-4-11(9-16)5-7-12/h2-8,10,14,16H,9,15H2,1H3. The summed E-state index contributed by atoms with van der Waals surface area (Å²) >= 11 is 0. The summed E-state index contributed by atoms with van der Waals surface area (Å²) in [7, 11) is 0. The third-order valence-electron chi connectivity index (χ3n) is 2.67. The van der Waals surface area contributed by atoms with E-state index in [9.17, 15) is 0 Å². The number of furan rings is 1. The maximum atomic E-state index is 8.97. The van der Waals surface area contributed by atoms with Crippen LogP contribution in [0.1, 0.15) is 24.4 Å². The first-order valence-electron chi connectivity index (χ1n) is 5.86. The molecule has 1 aromatic heterocycles. The van der Waals surface area contributed by atoms with Crippen LogP contribution in [0.5, 0.6) is 5.75 Å². The number of benzene rings is 1. The Kier molecular flexibility index (Phi) is 4.02. The Morgan fingerprint density at radius 2 is 2.00 bits per heavy atom. The molecule has 0 aliphatic carbocycles. The second-order valence-corrected chi connectivity index (χ2v) is 4.22. The van der Waals surface area contributed by atoms with Crippen LogP contribution in [0.25, 0.3) is 0 Å². The Labute approximate surface area is 106 Å². The number of aliphatic hydroxyl groups excluding tert-OH is 1. The normalized spacial score (nSPS) is 14.2. The van der Waals surface area contributed by atoms with E-state index in [1.165, 1.54) is 0 Å². The van der Waals surface area contributed by atoms with Crippen LogP contribution in [-0.2, 0) is 6.61 Å². The van der Waals surface area contributed by atoms with Crippen molar-refractivity contribution in [1.29, 1.82) is 0 Å². The van der Waals surface area contributed by atoms with Gasteiger partial charge in [-0.25, -0.2) is 0 Å². The Balaban J connectivity index is 2.13. The van der Waals surface area contributed by atoms with Crippen molar-refractivity contribution in [3.8, 4) is 5.75 Å². The lowest BCUT2D eigenvalue weighted by molar-refractivity contribution is 0.153. The summed E-state index contributed by atoms with van der Waals surface area (Å²) in [6.07, 6.45) is 1.28. The van der Waals surface area contributed by atoms with Gasteiger partial charge in [-0.1, -0.05) is 12.1 Å². The third-order valence-corrected chi connectivity index (χ3v) is 2.67. The molecule has 2 aromatic rings. The summed E-state index contributed by atoms with van der Waals surface area (Å²) in [6, 6.07) is 10.7. The van der Waals surface area contributed by atoms with E-state index in [4.69, 9.17) is 20.0 Å². The van der Waals surface area contributed by atoms with Crippen molar-refractivity contribution >= 4 is 0 Å². The van der Waals surface area contributed by atoms with Crippen LogP contribution < -0.4 is 10.5 Å². The van der Waals surface area contributed by atoms with Crippen LogP contribution >= 0.6 is 0 Å². The summed E-state index contributed by atoms with van der Waals surface area (Å²) in [6.45, 7) is 1.89. The molecule has 2 atom stereocenters. The Bertz CT molecular complexity index is 462. The molecule has 0 saturated heterocycles. The molecule has 0 radical (unpaired) electrons. The topological polar surface area (TPSA) is 68.6 Å². The van der Waals surface area contributed by atoms with Crippen LogP contribution in [0, 0.1) is 0 Å². The van der Waals surface area contributed by atoms with Gasteiger partial charge in [-0.05, 0) is 36.8 Å². The summed E-state index contributed by atoms with van der Waals surface area (Å²) < 4.78 is 11.1. The van der Waals surface area contributed by atoms with Gasteiger partial charge in [0, 0.05) is 6.04 Å². The fraction of sp³-hybridized carbons (Fsp3) is 0.286. The molecule has 1 aromatic carbocycles. The zero-order valence-electron chi connectivity index (χ0n) is 10.2. The Hall–Kier alpha value is -1.78. The van der Waals surface area contributed by atoms with Gasteiger partial charge in [0.2, 0.25) is 0 Å². The number of hydrogen-bond acceptors (Lipinski definition) is 4. The molecule has 18 heavy (non-hydrogen) atoms. The highest BCUT2D eigenvalue weighted by Crippen LogP contribution is 2.24. The first kappa shape index (κ1) is 12.7. The summed E-state index contributed by atoms with van der Waals surface area (Å²) in [5, 5.41) is 8.97. The monoisotopic (exact) mass is 247 g/mol. The Morgan fingerprint density at radius 1 is 1.28 bits per heavy atom. The van der Waals surface area contributed by atoms with E-state index in [-0.39, 0.29) is 18.8 Å². The first-order chi connectivity index (χ1) is 8.70. The molecule has 0 aliphatic heterocycles. The number of aliphatic hydroxyl groups is 1. The summed E-state index contributed by atoms with van der Waals surface area (Å²) in [5.74, 6) is 1.40. The summed E-state index contributed by atoms with van der Waals surface area (Å²) in [4.78, 5) is 0. The molecule has 0 amide bonds. The van der Waals surface area contributed by atoms with Gasteiger partial charge >= 0.3 is 0 Å². The molecular formula is C14H17NO3. The zero-order chi connectivity index (χ0) is 13.0. The van der Waals surface area contributed by atoms with E-state index in [0.29, 0.717) is 11.5 Å². The van der Waals surface area contributed by atoms with Gasteiger partial charge in [-0.2, -0.15) is 0 Å². The van der Waals surface area contributed by atoms with Crippen LogP contribution in [0.4, 0.5) is 0 Å². The van der Waals surface area contributed by atoms with Crippen molar-refractivity contribution in [2.75, 3.05) is 0 Å². The molecule has 4 nitrogen and oxygen atoms in total. The molecule has 0 fully saturated rings. The van der Waals surface area contributed by atoms with Gasteiger partial charge in [0.25, 0.3) is 0 Å². The average molecular weight is 247 g/mol. The lowest BCUT2D eigenvalue weighted by Gasteiger charge is -2.20. The zero-order valence-corrected chi connectivity index (χ0v) is 10.2. The van der Waals surface area contributed by atoms with Crippen LogP contribution in [0.15, 0.2) is 47.1 Å². The maximum Gasteiger partial charge on any atom is 0.171 e. The number of hydrogen-bond donors (Lipinski definition) is 2. The predicted octanol–water partition coefficient (Wildman–Crippen LogP) is 2.24. The van der Waals surface area contributed by atoms with Gasteiger partial charge in [0.1, 0.15) is 11.5 Å². The molecule has 3 N–H and O–H groups in total. The molecule has 1 heterocycles. The number of rotatable bonds is 5.